The average Bonchev–Trinajstić information content (AvgIpc) is 3.30. The van der Waals surface area contributed by atoms with Gasteiger partial charge < -0.3 is 4.57 Å². The number of hydrogen-bond acceptors (Lipinski definition) is 3. The van der Waals surface area contributed by atoms with Crippen LogP contribution in [0, 0.1) is 6.57 Å². The fourth-order valence-electron chi connectivity index (χ4n) is 4.05. The average molecular weight is 422 g/mol. The summed E-state index contributed by atoms with van der Waals surface area (Å²) in [6, 6.07) is 9.37. The van der Waals surface area contributed by atoms with Gasteiger partial charge in [-0.1, -0.05) is 12.1 Å². The predicted molar refractivity (Wildman–Crippen MR) is 111 cm³/mol. The number of carbonyl (C=O) groups excluding carboxylic acids is 2. The minimum atomic E-state index is -3.07. The lowest BCUT2D eigenvalue weighted by Crippen LogP contribution is -2.35. The molecule has 6 nitrogen and oxygen atoms in total. The van der Waals surface area contributed by atoms with E-state index in [1.807, 2.05) is 42.1 Å². The molecule has 0 N–H and O–H groups in total. The number of ketones is 1. The molecule has 3 heterocycles. The van der Waals surface area contributed by atoms with Gasteiger partial charge in [-0.15, -0.1) is 0 Å². The van der Waals surface area contributed by atoms with Crippen molar-refractivity contribution in [2.75, 3.05) is 6.54 Å². The number of aromatic nitrogens is 2. The summed E-state index contributed by atoms with van der Waals surface area (Å²) < 4.78 is 29.2. The number of halogens is 2. The van der Waals surface area contributed by atoms with Gasteiger partial charge in [0.05, 0.1) is 6.54 Å². The molecule has 0 bridgehead atoms. The van der Waals surface area contributed by atoms with Gasteiger partial charge in [-0.05, 0) is 23.8 Å². The molecule has 1 saturated heterocycles. The molecule has 0 unspecified atom stereocenters. The first-order valence-electron chi connectivity index (χ1n) is 9.86. The SMILES string of the molecule is [C-]#[N+][C@@H]1CC(F)(F)CN1C(=O)CCC(=O)c1ccncc1-c1cccc2c1ccn2C. The molecule has 1 aliphatic rings. The summed E-state index contributed by atoms with van der Waals surface area (Å²) in [7, 11) is 1.94. The van der Waals surface area contributed by atoms with E-state index in [-0.39, 0.29) is 18.6 Å². The smallest absolute Gasteiger partial charge is 0.306 e. The van der Waals surface area contributed by atoms with Crippen molar-refractivity contribution in [1.29, 1.82) is 0 Å². The molecule has 2 aromatic heterocycles. The van der Waals surface area contributed by atoms with E-state index in [2.05, 4.69) is 9.83 Å². The fraction of sp³-hybridized carbons (Fsp3) is 0.304. The lowest BCUT2D eigenvalue weighted by molar-refractivity contribution is -0.132. The predicted octanol–water partition coefficient (Wildman–Crippen LogP) is 4.32. The molecule has 0 radical (unpaired) electrons. The molecular weight excluding hydrogens is 402 g/mol. The zero-order valence-electron chi connectivity index (χ0n) is 16.9. The number of rotatable bonds is 5. The quantitative estimate of drug-likeness (QED) is 0.455. The highest BCUT2D eigenvalue weighted by molar-refractivity contribution is 6.07. The molecule has 3 aromatic rings. The van der Waals surface area contributed by atoms with Gasteiger partial charge in [-0.2, -0.15) is 0 Å². The number of hydrogen-bond donors (Lipinski definition) is 0. The van der Waals surface area contributed by atoms with Gasteiger partial charge in [-0.25, -0.2) is 15.4 Å². The van der Waals surface area contributed by atoms with Gasteiger partial charge in [0.25, 0.3) is 5.92 Å². The first-order valence-corrected chi connectivity index (χ1v) is 9.86. The highest BCUT2D eigenvalue weighted by Gasteiger charge is 2.50. The van der Waals surface area contributed by atoms with Gasteiger partial charge in [0.1, 0.15) is 6.42 Å². The van der Waals surface area contributed by atoms with Gasteiger partial charge in [0.2, 0.25) is 5.91 Å². The molecule has 1 amide bonds. The van der Waals surface area contributed by atoms with Gasteiger partial charge in [0.15, 0.2) is 5.78 Å². The van der Waals surface area contributed by atoms with E-state index in [4.69, 9.17) is 6.57 Å². The zero-order valence-corrected chi connectivity index (χ0v) is 16.9. The van der Waals surface area contributed by atoms with E-state index >= 15 is 0 Å². The molecule has 31 heavy (non-hydrogen) atoms. The van der Waals surface area contributed by atoms with Crippen molar-refractivity contribution in [3.63, 3.8) is 0 Å². The van der Waals surface area contributed by atoms with Crippen LogP contribution in [-0.2, 0) is 11.8 Å². The molecule has 158 valence electrons. The Labute approximate surface area is 177 Å². The lowest BCUT2D eigenvalue weighted by Gasteiger charge is -2.16. The summed E-state index contributed by atoms with van der Waals surface area (Å²) in [6.07, 6.45) is 2.87. The number of pyridine rings is 1. The molecule has 0 aliphatic carbocycles. The maximum Gasteiger partial charge on any atom is 0.306 e. The van der Waals surface area contributed by atoms with Crippen LogP contribution in [0.4, 0.5) is 8.78 Å². The van der Waals surface area contributed by atoms with Crippen LogP contribution in [0.3, 0.4) is 0 Å². The molecule has 1 fully saturated rings. The molecule has 1 aromatic carbocycles. The second kappa shape index (κ2) is 7.91. The highest BCUT2D eigenvalue weighted by atomic mass is 19.3. The number of nitrogens with zero attached hydrogens (tertiary/aromatic N) is 4. The Bertz CT molecular complexity index is 1210. The number of carbonyl (C=O) groups is 2. The molecular formula is C23H20F2N4O2. The van der Waals surface area contributed by atoms with Crippen molar-refractivity contribution in [3.05, 3.63) is 65.9 Å². The number of benzene rings is 1. The van der Waals surface area contributed by atoms with Crippen molar-refractivity contribution in [2.24, 2.45) is 7.05 Å². The number of aryl methyl sites for hydroxylation is 1. The highest BCUT2D eigenvalue weighted by Crippen LogP contribution is 2.34. The summed E-state index contributed by atoms with van der Waals surface area (Å²) in [5, 5.41) is 0.974. The number of amides is 1. The summed E-state index contributed by atoms with van der Waals surface area (Å²) >= 11 is 0. The summed E-state index contributed by atoms with van der Waals surface area (Å²) in [6.45, 7) is 6.29. The van der Waals surface area contributed by atoms with Crippen LogP contribution in [-0.4, -0.2) is 44.8 Å². The fourth-order valence-corrected chi connectivity index (χ4v) is 4.05. The van der Waals surface area contributed by atoms with Crippen LogP contribution in [0.25, 0.3) is 26.9 Å². The second-order valence-electron chi connectivity index (χ2n) is 7.70. The van der Waals surface area contributed by atoms with Crippen molar-refractivity contribution in [3.8, 4) is 11.1 Å². The van der Waals surface area contributed by atoms with E-state index in [0.717, 1.165) is 21.4 Å². The van der Waals surface area contributed by atoms with Gasteiger partial charge in [-0.3, -0.25) is 24.3 Å². The number of Topliss-reactive ketones (excluding diaryl/α,β-unsaturated/α-hetero) is 1. The Kier molecular flexibility index (Phi) is 5.27. The van der Waals surface area contributed by atoms with Gasteiger partial charge in [0, 0.05) is 60.5 Å². The molecule has 8 heteroatoms. The Balaban J connectivity index is 1.56. The first kappa shape index (κ1) is 20.7. The van der Waals surface area contributed by atoms with Crippen LogP contribution in [0.15, 0.2) is 48.9 Å². The van der Waals surface area contributed by atoms with Crippen molar-refractivity contribution in [1.82, 2.24) is 14.5 Å². The Morgan fingerprint density at radius 3 is 2.81 bits per heavy atom. The van der Waals surface area contributed by atoms with Crippen LogP contribution in [0.1, 0.15) is 29.6 Å². The summed E-state index contributed by atoms with van der Waals surface area (Å²) in [5.74, 6) is -3.95. The monoisotopic (exact) mass is 422 g/mol. The zero-order chi connectivity index (χ0) is 22.2. The molecule has 0 spiro atoms. The number of likely N-dealkylation sites (tertiary alicyclic amines) is 1. The number of fused-ring (bicyclic) bond motifs is 1. The summed E-state index contributed by atoms with van der Waals surface area (Å²) in [5.41, 5.74) is 2.94. The third-order valence-corrected chi connectivity index (χ3v) is 5.62. The van der Waals surface area contributed by atoms with Crippen molar-refractivity contribution in [2.45, 2.75) is 31.4 Å². The van der Waals surface area contributed by atoms with E-state index in [0.29, 0.717) is 11.1 Å². The largest absolute Gasteiger partial charge is 0.351 e. The Hall–Kier alpha value is -3.60. The lowest BCUT2D eigenvalue weighted by atomic mass is 9.95. The molecule has 1 atom stereocenters. The molecule has 1 aliphatic heterocycles. The minimum Gasteiger partial charge on any atom is -0.351 e. The molecule has 0 saturated carbocycles. The molecule has 4 rings (SSSR count). The third-order valence-electron chi connectivity index (χ3n) is 5.62. The minimum absolute atomic E-state index is 0.132. The normalized spacial score (nSPS) is 17.6. The maximum absolute atomic E-state index is 13.6. The van der Waals surface area contributed by atoms with E-state index < -0.39 is 31.0 Å². The summed E-state index contributed by atoms with van der Waals surface area (Å²) in [4.78, 5) is 33.6. The van der Waals surface area contributed by atoms with E-state index in [1.54, 1.807) is 12.3 Å². The van der Waals surface area contributed by atoms with Crippen LogP contribution in [0.2, 0.25) is 0 Å². The first-order chi connectivity index (χ1) is 14.8. The van der Waals surface area contributed by atoms with E-state index in [1.165, 1.54) is 6.20 Å². The standard InChI is InChI=1S/C23H20F2N4O2/c1-26-21-12-23(24,25)14-29(21)22(31)7-6-20(30)17-8-10-27-13-18(17)15-4-3-5-19-16(15)9-11-28(19)2/h3-5,8-11,13,21H,6-7,12,14H2,2H3/t21-/m0/s1. The van der Waals surface area contributed by atoms with E-state index in [9.17, 15) is 18.4 Å². The van der Waals surface area contributed by atoms with Gasteiger partial charge >= 0.3 is 6.17 Å². The Morgan fingerprint density at radius 1 is 1.23 bits per heavy atom. The van der Waals surface area contributed by atoms with Crippen LogP contribution >= 0.6 is 0 Å². The second-order valence-corrected chi connectivity index (χ2v) is 7.70. The topological polar surface area (TPSA) is 59.6 Å². The Morgan fingerprint density at radius 2 is 2.03 bits per heavy atom. The van der Waals surface area contributed by atoms with Crippen LogP contribution < -0.4 is 0 Å². The van der Waals surface area contributed by atoms with Crippen molar-refractivity contribution >= 4 is 22.6 Å². The third kappa shape index (κ3) is 3.91. The van der Waals surface area contributed by atoms with Crippen molar-refractivity contribution < 1.29 is 18.4 Å². The maximum atomic E-state index is 13.6. The number of alkyl halides is 2. The van der Waals surface area contributed by atoms with Crippen LogP contribution in [0.5, 0.6) is 0 Å².